The van der Waals surface area contributed by atoms with Crippen molar-refractivity contribution >= 4 is 13.1 Å². The van der Waals surface area contributed by atoms with Gasteiger partial charge in [0.2, 0.25) is 0 Å². The van der Waals surface area contributed by atoms with Gasteiger partial charge in [0, 0.05) is 11.4 Å². The Balaban J connectivity index is 1.17. The minimum absolute atomic E-state index is 0.0216. The van der Waals surface area contributed by atoms with Crippen LogP contribution < -0.4 is 4.74 Å². The number of hydrogen-bond acceptors (Lipinski definition) is 5. The van der Waals surface area contributed by atoms with Gasteiger partial charge >= 0.3 is 13.1 Å². The minimum atomic E-state index is -1.27. The molecule has 8 rings (SSSR count). The SMILES string of the molecule is CC1(C)C2CC3OB(C4CC4c4cc(F)c(F)c(C(=O)OCc5ccccc5)c4OCc4ccccc4)O[C@@]3(C)C1C2. The summed E-state index contributed by atoms with van der Waals surface area (Å²) in [5, 5.41) is 0. The molecule has 218 valence electrons. The summed E-state index contributed by atoms with van der Waals surface area (Å²) in [5.41, 5.74) is 1.37. The molecular formula is C34H35BF2O5. The minimum Gasteiger partial charge on any atom is -0.488 e. The quantitative estimate of drug-likeness (QED) is 0.207. The zero-order valence-corrected chi connectivity index (χ0v) is 24.1. The van der Waals surface area contributed by atoms with Crippen molar-refractivity contribution in [3.05, 3.63) is 101 Å². The molecule has 5 fully saturated rings. The molecule has 5 aliphatic rings. The van der Waals surface area contributed by atoms with Crippen LogP contribution >= 0.6 is 0 Å². The second-order valence-corrected chi connectivity index (χ2v) is 13.1. The highest BCUT2D eigenvalue weighted by Gasteiger charge is 2.70. The predicted octanol–water partition coefficient (Wildman–Crippen LogP) is 7.49. The average molecular weight is 572 g/mol. The second kappa shape index (κ2) is 10.2. The Morgan fingerprint density at radius 3 is 2.29 bits per heavy atom. The molecule has 1 aliphatic heterocycles. The fourth-order valence-corrected chi connectivity index (χ4v) is 7.72. The third-order valence-corrected chi connectivity index (χ3v) is 10.4. The number of carbonyl (C=O) groups excluding carboxylic acids is 1. The van der Waals surface area contributed by atoms with E-state index in [4.69, 9.17) is 18.8 Å². The topological polar surface area (TPSA) is 54.0 Å². The smallest absolute Gasteiger partial charge is 0.461 e. The maximum Gasteiger partial charge on any atom is 0.461 e. The van der Waals surface area contributed by atoms with Gasteiger partial charge in [-0.3, -0.25) is 0 Å². The summed E-state index contributed by atoms with van der Waals surface area (Å²) >= 11 is 0. The van der Waals surface area contributed by atoms with Crippen molar-refractivity contribution in [2.24, 2.45) is 17.3 Å². The number of rotatable bonds is 8. The van der Waals surface area contributed by atoms with E-state index in [0.29, 0.717) is 23.8 Å². The van der Waals surface area contributed by atoms with Crippen molar-refractivity contribution in [1.82, 2.24) is 0 Å². The van der Waals surface area contributed by atoms with Crippen LogP contribution in [0.1, 0.15) is 73.0 Å². The normalized spacial score (nSPS) is 30.3. The van der Waals surface area contributed by atoms with Gasteiger partial charge in [0.1, 0.15) is 24.5 Å². The first-order chi connectivity index (χ1) is 20.2. The van der Waals surface area contributed by atoms with Crippen molar-refractivity contribution in [1.29, 1.82) is 0 Å². The Hall–Kier alpha value is -3.23. The van der Waals surface area contributed by atoms with Crippen molar-refractivity contribution < 1.29 is 32.4 Å². The van der Waals surface area contributed by atoms with E-state index in [1.165, 1.54) is 0 Å². The Morgan fingerprint density at radius 2 is 1.62 bits per heavy atom. The van der Waals surface area contributed by atoms with Gasteiger partial charge in [0.25, 0.3) is 0 Å². The zero-order valence-electron chi connectivity index (χ0n) is 24.1. The van der Waals surface area contributed by atoms with E-state index < -0.39 is 30.3 Å². The van der Waals surface area contributed by atoms with Gasteiger partial charge < -0.3 is 18.8 Å². The number of carbonyl (C=O) groups is 1. The second-order valence-electron chi connectivity index (χ2n) is 13.1. The number of hydrogen-bond donors (Lipinski definition) is 0. The molecule has 0 amide bonds. The van der Waals surface area contributed by atoms with Gasteiger partial charge in [-0.25, -0.2) is 13.6 Å². The summed E-state index contributed by atoms with van der Waals surface area (Å²) in [6.07, 6.45) is 2.82. The van der Waals surface area contributed by atoms with E-state index in [2.05, 4.69) is 20.8 Å². The lowest BCUT2D eigenvalue weighted by molar-refractivity contribution is -0.199. The Morgan fingerprint density at radius 1 is 0.952 bits per heavy atom. The molecular weight excluding hydrogens is 537 g/mol. The molecule has 4 saturated carbocycles. The van der Waals surface area contributed by atoms with Gasteiger partial charge in [-0.2, -0.15) is 0 Å². The summed E-state index contributed by atoms with van der Waals surface area (Å²) in [6.45, 7) is 6.82. The van der Waals surface area contributed by atoms with E-state index in [0.717, 1.165) is 30.0 Å². The van der Waals surface area contributed by atoms with E-state index >= 15 is 8.78 Å². The third-order valence-electron chi connectivity index (χ3n) is 10.4. The maximum absolute atomic E-state index is 15.4. The van der Waals surface area contributed by atoms with Gasteiger partial charge in [0.15, 0.2) is 11.6 Å². The standard InChI is InChI=1S/C34H35BF2O5/c1-33(2)22-14-27(33)34(3)28(15-22)41-35(42-34)25-16-23(25)24-17-26(36)30(37)29(31(24)39-18-20-10-6-4-7-11-20)32(38)40-19-21-12-8-5-9-13-21/h4-13,17,22-23,25,27-28H,14-16,18-19H2,1-3H3/t22?,23?,25?,27?,28?,34-/m0/s1. The number of benzene rings is 3. The first-order valence-corrected chi connectivity index (χ1v) is 14.9. The summed E-state index contributed by atoms with van der Waals surface area (Å²) in [5.74, 6) is -2.52. The highest BCUT2D eigenvalue weighted by molar-refractivity contribution is 6.49. The molecule has 0 spiro atoms. The van der Waals surface area contributed by atoms with Crippen LogP contribution in [0, 0.1) is 28.9 Å². The van der Waals surface area contributed by atoms with Crippen LogP contribution in [0.2, 0.25) is 5.82 Å². The zero-order chi connectivity index (χ0) is 29.2. The van der Waals surface area contributed by atoms with Gasteiger partial charge in [0.05, 0.1) is 11.7 Å². The molecule has 1 saturated heterocycles. The lowest BCUT2D eigenvalue weighted by Crippen LogP contribution is -2.65. The first-order valence-electron chi connectivity index (χ1n) is 14.9. The predicted molar refractivity (Wildman–Crippen MR) is 154 cm³/mol. The van der Waals surface area contributed by atoms with Gasteiger partial charge in [-0.15, -0.1) is 0 Å². The lowest BCUT2D eigenvalue weighted by atomic mass is 9.43. The Bertz CT molecular complexity index is 1500. The molecule has 3 aromatic carbocycles. The molecule has 0 radical (unpaired) electrons. The molecule has 8 heteroatoms. The fraction of sp³-hybridized carbons (Fsp3) is 0.441. The van der Waals surface area contributed by atoms with E-state index in [-0.39, 0.29) is 47.8 Å². The average Bonchev–Trinajstić information content (AvgIpc) is 3.70. The largest absolute Gasteiger partial charge is 0.488 e. The summed E-state index contributed by atoms with van der Waals surface area (Å²) < 4.78 is 55.3. The molecule has 1 heterocycles. The highest BCUT2D eigenvalue weighted by atomic mass is 19.2. The van der Waals surface area contributed by atoms with Gasteiger partial charge in [-0.1, -0.05) is 74.5 Å². The van der Waals surface area contributed by atoms with Crippen LogP contribution in [0.4, 0.5) is 8.78 Å². The molecule has 6 atom stereocenters. The van der Waals surface area contributed by atoms with Gasteiger partial charge in [-0.05, 0) is 66.5 Å². The van der Waals surface area contributed by atoms with E-state index in [9.17, 15) is 4.79 Å². The van der Waals surface area contributed by atoms with Crippen LogP contribution in [-0.2, 0) is 27.3 Å². The van der Waals surface area contributed by atoms with Crippen LogP contribution in [0.5, 0.6) is 5.75 Å². The lowest BCUT2D eigenvalue weighted by Gasteiger charge is -2.64. The highest BCUT2D eigenvalue weighted by Crippen LogP contribution is 2.68. The fourth-order valence-electron chi connectivity index (χ4n) is 7.72. The van der Waals surface area contributed by atoms with Crippen molar-refractivity contribution in [2.75, 3.05) is 0 Å². The van der Waals surface area contributed by atoms with Crippen LogP contribution in [0.3, 0.4) is 0 Å². The van der Waals surface area contributed by atoms with Crippen LogP contribution in [0.25, 0.3) is 0 Å². The number of ether oxygens (including phenoxy) is 2. The Kier molecular flexibility index (Phi) is 6.70. The third kappa shape index (κ3) is 4.54. The molecule has 5 nitrogen and oxygen atoms in total. The van der Waals surface area contributed by atoms with E-state index in [1.54, 1.807) is 12.1 Å². The molecule has 42 heavy (non-hydrogen) atoms. The molecule has 0 aromatic heterocycles. The summed E-state index contributed by atoms with van der Waals surface area (Å²) in [6, 6.07) is 19.6. The van der Waals surface area contributed by atoms with Crippen LogP contribution in [-0.4, -0.2) is 24.8 Å². The van der Waals surface area contributed by atoms with Crippen molar-refractivity contribution in [2.45, 2.75) is 76.7 Å². The molecule has 0 N–H and O–H groups in total. The molecule has 4 aliphatic carbocycles. The Labute approximate surface area is 245 Å². The molecule has 3 aromatic rings. The molecule has 2 bridgehead atoms. The number of esters is 1. The van der Waals surface area contributed by atoms with Crippen molar-refractivity contribution in [3.63, 3.8) is 0 Å². The van der Waals surface area contributed by atoms with E-state index in [1.807, 2.05) is 48.5 Å². The first kappa shape index (κ1) is 27.6. The molecule has 5 unspecified atom stereocenters. The summed E-state index contributed by atoms with van der Waals surface area (Å²) in [4.78, 5) is 13.3. The number of halogens is 2. The van der Waals surface area contributed by atoms with Crippen molar-refractivity contribution in [3.8, 4) is 5.75 Å². The van der Waals surface area contributed by atoms with Crippen LogP contribution in [0.15, 0.2) is 66.7 Å². The monoisotopic (exact) mass is 572 g/mol. The summed E-state index contributed by atoms with van der Waals surface area (Å²) in [7, 11) is -0.441. The maximum atomic E-state index is 15.4.